The number of imidazole rings is 1. The van der Waals surface area contributed by atoms with Gasteiger partial charge in [-0.3, -0.25) is 4.40 Å². The van der Waals surface area contributed by atoms with Gasteiger partial charge in [-0.1, -0.05) is 6.07 Å². The minimum absolute atomic E-state index is 0.620. The molecule has 0 saturated carbocycles. The summed E-state index contributed by atoms with van der Waals surface area (Å²) in [5.74, 6) is 2.00. The molecule has 0 unspecified atom stereocenters. The summed E-state index contributed by atoms with van der Waals surface area (Å²) in [5, 5.41) is 8.67. The van der Waals surface area contributed by atoms with Gasteiger partial charge in [0.1, 0.15) is 5.65 Å². The molecule has 0 saturated heterocycles. The van der Waals surface area contributed by atoms with E-state index in [-0.39, 0.29) is 0 Å². The second-order valence-corrected chi connectivity index (χ2v) is 5.19. The average Bonchev–Trinajstić information content (AvgIpc) is 2.87. The van der Waals surface area contributed by atoms with Gasteiger partial charge in [-0.05, 0) is 37.6 Å². The van der Waals surface area contributed by atoms with E-state index in [2.05, 4.69) is 15.2 Å². The molecular formula is C17H18N4O2. The highest BCUT2D eigenvalue weighted by Gasteiger charge is 2.08. The van der Waals surface area contributed by atoms with Crippen LogP contribution >= 0.6 is 0 Å². The summed E-state index contributed by atoms with van der Waals surface area (Å²) in [5.41, 5.74) is 3.51. The molecule has 0 radical (unpaired) electrons. The van der Waals surface area contributed by atoms with Crippen LogP contribution in [0, 0.1) is 13.8 Å². The van der Waals surface area contributed by atoms with Crippen molar-refractivity contribution >= 4 is 17.2 Å². The highest BCUT2D eigenvalue weighted by Crippen LogP contribution is 2.32. The Kier molecular flexibility index (Phi) is 3.97. The van der Waals surface area contributed by atoms with Gasteiger partial charge in [0.15, 0.2) is 17.3 Å². The molecule has 0 aliphatic carbocycles. The fourth-order valence-electron chi connectivity index (χ4n) is 2.37. The van der Waals surface area contributed by atoms with Gasteiger partial charge in [0.25, 0.3) is 0 Å². The molecule has 6 heteroatoms. The van der Waals surface area contributed by atoms with Gasteiger partial charge in [0, 0.05) is 12.3 Å². The van der Waals surface area contributed by atoms with Crippen LogP contribution in [0.1, 0.15) is 11.3 Å². The Hall–Kier alpha value is -2.89. The number of aromatic nitrogens is 2. The number of azo groups is 1. The first kappa shape index (κ1) is 15.0. The third-order valence-corrected chi connectivity index (χ3v) is 3.54. The lowest BCUT2D eigenvalue weighted by Gasteiger charge is -2.06. The van der Waals surface area contributed by atoms with E-state index in [1.54, 1.807) is 26.4 Å². The van der Waals surface area contributed by atoms with Crippen LogP contribution in [0.15, 0.2) is 46.8 Å². The Morgan fingerprint density at radius 2 is 1.74 bits per heavy atom. The Labute approximate surface area is 134 Å². The average molecular weight is 310 g/mol. The maximum absolute atomic E-state index is 5.28. The molecule has 1 aromatic carbocycles. The lowest BCUT2D eigenvalue weighted by molar-refractivity contribution is 0.355. The predicted octanol–water partition coefficient (Wildman–Crippen LogP) is 4.38. The number of fused-ring (bicyclic) bond motifs is 1. The van der Waals surface area contributed by atoms with Crippen LogP contribution in [-0.2, 0) is 0 Å². The molecule has 0 aliphatic rings. The van der Waals surface area contributed by atoms with Gasteiger partial charge in [-0.2, -0.15) is 0 Å². The molecule has 6 nitrogen and oxygen atoms in total. The summed E-state index contributed by atoms with van der Waals surface area (Å²) in [7, 11) is 3.19. The van der Waals surface area contributed by atoms with Crippen LogP contribution in [-0.4, -0.2) is 23.6 Å². The number of rotatable bonds is 4. The van der Waals surface area contributed by atoms with E-state index in [0.717, 1.165) is 22.7 Å². The number of nitrogens with zero attached hydrogens (tertiary/aromatic N) is 4. The van der Waals surface area contributed by atoms with Crippen molar-refractivity contribution in [2.24, 2.45) is 10.2 Å². The SMILES string of the molecule is COc1ccc(N=Nc2c(C)nc3ccc(C)cn23)cc1OC. The van der Waals surface area contributed by atoms with Gasteiger partial charge >= 0.3 is 0 Å². The molecule has 118 valence electrons. The zero-order chi connectivity index (χ0) is 16.4. The van der Waals surface area contributed by atoms with Crippen LogP contribution in [0.2, 0.25) is 0 Å². The van der Waals surface area contributed by atoms with E-state index < -0.39 is 0 Å². The summed E-state index contributed by atoms with van der Waals surface area (Å²) in [6, 6.07) is 9.41. The Balaban J connectivity index is 2.00. The smallest absolute Gasteiger partial charge is 0.182 e. The quantitative estimate of drug-likeness (QED) is 0.672. The number of pyridine rings is 1. The van der Waals surface area contributed by atoms with E-state index in [1.165, 1.54) is 0 Å². The van der Waals surface area contributed by atoms with Crippen molar-refractivity contribution in [2.75, 3.05) is 14.2 Å². The van der Waals surface area contributed by atoms with E-state index >= 15 is 0 Å². The van der Waals surface area contributed by atoms with Crippen molar-refractivity contribution in [3.8, 4) is 11.5 Å². The standard InChI is InChI=1S/C17H18N4O2/c1-11-5-8-16-18-12(2)17(21(16)10-11)20-19-13-6-7-14(22-3)15(9-13)23-4/h5-10H,1-4H3. The second-order valence-electron chi connectivity index (χ2n) is 5.19. The summed E-state index contributed by atoms with van der Waals surface area (Å²) in [4.78, 5) is 4.49. The lowest BCUT2D eigenvalue weighted by atomic mass is 10.3. The van der Waals surface area contributed by atoms with E-state index in [0.29, 0.717) is 17.2 Å². The first-order valence-corrected chi connectivity index (χ1v) is 7.21. The van der Waals surface area contributed by atoms with E-state index in [9.17, 15) is 0 Å². The van der Waals surface area contributed by atoms with Crippen molar-refractivity contribution in [1.82, 2.24) is 9.38 Å². The third kappa shape index (κ3) is 2.88. The van der Waals surface area contributed by atoms with Crippen LogP contribution in [0.3, 0.4) is 0 Å². The molecule has 0 fully saturated rings. The first-order chi connectivity index (χ1) is 11.1. The molecule has 0 amide bonds. The van der Waals surface area contributed by atoms with Crippen LogP contribution in [0.25, 0.3) is 5.65 Å². The summed E-state index contributed by atoms with van der Waals surface area (Å²) < 4.78 is 12.4. The number of benzene rings is 1. The second kappa shape index (κ2) is 6.08. The maximum Gasteiger partial charge on any atom is 0.182 e. The van der Waals surface area contributed by atoms with Gasteiger partial charge in [-0.25, -0.2) is 4.98 Å². The molecule has 0 N–H and O–H groups in total. The third-order valence-electron chi connectivity index (χ3n) is 3.54. The zero-order valence-corrected chi connectivity index (χ0v) is 13.6. The summed E-state index contributed by atoms with van der Waals surface area (Å²) in [6.07, 6.45) is 2.00. The highest BCUT2D eigenvalue weighted by molar-refractivity contribution is 5.54. The molecule has 0 atom stereocenters. The molecular weight excluding hydrogens is 292 g/mol. The van der Waals surface area contributed by atoms with Gasteiger partial charge in [0.05, 0.1) is 25.6 Å². The summed E-state index contributed by atoms with van der Waals surface area (Å²) in [6.45, 7) is 3.95. The monoisotopic (exact) mass is 310 g/mol. The number of hydrogen-bond donors (Lipinski definition) is 0. The molecule has 23 heavy (non-hydrogen) atoms. The first-order valence-electron chi connectivity index (χ1n) is 7.21. The molecule has 0 aliphatic heterocycles. The predicted molar refractivity (Wildman–Crippen MR) is 88.4 cm³/mol. The zero-order valence-electron chi connectivity index (χ0n) is 13.6. The van der Waals surface area contributed by atoms with Crippen LogP contribution in [0.5, 0.6) is 11.5 Å². The van der Waals surface area contributed by atoms with Crippen molar-refractivity contribution in [3.63, 3.8) is 0 Å². The van der Waals surface area contributed by atoms with Crippen molar-refractivity contribution in [3.05, 3.63) is 47.8 Å². The lowest BCUT2D eigenvalue weighted by Crippen LogP contribution is -1.89. The normalized spacial score (nSPS) is 11.3. The Bertz CT molecular complexity index is 884. The fourth-order valence-corrected chi connectivity index (χ4v) is 2.37. The fraction of sp³-hybridized carbons (Fsp3) is 0.235. The van der Waals surface area contributed by atoms with Crippen molar-refractivity contribution < 1.29 is 9.47 Å². The summed E-state index contributed by atoms with van der Waals surface area (Å²) >= 11 is 0. The van der Waals surface area contributed by atoms with Crippen molar-refractivity contribution in [1.29, 1.82) is 0 Å². The van der Waals surface area contributed by atoms with E-state index in [1.807, 2.05) is 42.6 Å². The largest absolute Gasteiger partial charge is 0.493 e. The molecule has 3 rings (SSSR count). The molecule has 0 bridgehead atoms. The van der Waals surface area contributed by atoms with Crippen molar-refractivity contribution in [2.45, 2.75) is 13.8 Å². The highest BCUT2D eigenvalue weighted by atomic mass is 16.5. The van der Waals surface area contributed by atoms with Gasteiger partial charge in [0.2, 0.25) is 0 Å². The minimum atomic E-state index is 0.620. The maximum atomic E-state index is 5.28. The Morgan fingerprint density at radius 1 is 0.957 bits per heavy atom. The van der Waals surface area contributed by atoms with Gasteiger partial charge < -0.3 is 9.47 Å². The topological polar surface area (TPSA) is 60.5 Å². The number of aryl methyl sites for hydroxylation is 2. The van der Waals surface area contributed by atoms with Gasteiger partial charge in [-0.15, -0.1) is 10.2 Å². The minimum Gasteiger partial charge on any atom is -0.493 e. The number of ether oxygens (including phenoxy) is 2. The number of methoxy groups -OCH3 is 2. The van der Waals surface area contributed by atoms with Crippen LogP contribution < -0.4 is 9.47 Å². The Morgan fingerprint density at radius 3 is 2.48 bits per heavy atom. The molecule has 3 aromatic rings. The number of hydrogen-bond acceptors (Lipinski definition) is 5. The molecule has 2 aromatic heterocycles. The van der Waals surface area contributed by atoms with Crippen LogP contribution in [0.4, 0.5) is 11.5 Å². The molecule has 0 spiro atoms. The molecule has 2 heterocycles. The van der Waals surface area contributed by atoms with E-state index in [4.69, 9.17) is 9.47 Å².